The molecular weight excluding hydrogens is 280 g/mol. The smallest absolute Gasteiger partial charge is 0.0831 e. The molecule has 0 radical (unpaired) electrons. The van der Waals surface area contributed by atoms with Crippen LogP contribution in [0.1, 0.15) is 24.2 Å². The standard InChI is InChI=1S/C13H15BrN2O/c1-2-16-9-10(8-15-16)6-13(17)11-4-3-5-12(14)7-11/h3-5,7-9,13,17H,2,6H2,1H3. The van der Waals surface area contributed by atoms with E-state index >= 15 is 0 Å². The Kier molecular flexibility index (Phi) is 3.97. The van der Waals surface area contributed by atoms with Crippen LogP contribution in [-0.2, 0) is 13.0 Å². The van der Waals surface area contributed by atoms with Crippen LogP contribution >= 0.6 is 15.9 Å². The number of aliphatic hydroxyl groups excluding tert-OH is 1. The van der Waals surface area contributed by atoms with E-state index in [0.717, 1.165) is 22.1 Å². The molecule has 0 aliphatic rings. The Morgan fingerprint density at radius 2 is 2.29 bits per heavy atom. The highest BCUT2D eigenvalue weighted by Gasteiger charge is 2.10. The highest BCUT2D eigenvalue weighted by atomic mass is 79.9. The lowest BCUT2D eigenvalue weighted by Crippen LogP contribution is -2.01. The molecule has 17 heavy (non-hydrogen) atoms. The third-order valence-electron chi connectivity index (χ3n) is 2.67. The zero-order valence-electron chi connectivity index (χ0n) is 9.68. The Balaban J connectivity index is 2.08. The minimum absolute atomic E-state index is 0.484. The first kappa shape index (κ1) is 12.3. The Morgan fingerprint density at radius 3 is 2.94 bits per heavy atom. The second kappa shape index (κ2) is 5.47. The minimum atomic E-state index is -0.484. The van der Waals surface area contributed by atoms with Gasteiger partial charge in [-0.05, 0) is 30.2 Å². The summed E-state index contributed by atoms with van der Waals surface area (Å²) in [6, 6.07) is 7.75. The van der Waals surface area contributed by atoms with Crippen molar-refractivity contribution in [2.75, 3.05) is 0 Å². The predicted molar refractivity (Wildman–Crippen MR) is 70.7 cm³/mol. The van der Waals surface area contributed by atoms with Crippen LogP contribution in [0.25, 0.3) is 0 Å². The van der Waals surface area contributed by atoms with Crippen LogP contribution in [0.4, 0.5) is 0 Å². The summed E-state index contributed by atoms with van der Waals surface area (Å²) in [6.07, 6.45) is 3.89. The third-order valence-corrected chi connectivity index (χ3v) is 3.17. The molecule has 4 heteroatoms. The fraction of sp³-hybridized carbons (Fsp3) is 0.308. The van der Waals surface area contributed by atoms with Crippen LogP contribution in [0.5, 0.6) is 0 Å². The second-order valence-electron chi connectivity index (χ2n) is 3.98. The maximum Gasteiger partial charge on any atom is 0.0831 e. The predicted octanol–water partition coefficient (Wildman–Crippen LogP) is 2.94. The molecule has 1 aromatic heterocycles. The van der Waals surface area contributed by atoms with E-state index in [1.165, 1.54) is 0 Å². The normalized spacial score (nSPS) is 12.6. The van der Waals surface area contributed by atoms with E-state index in [-0.39, 0.29) is 0 Å². The summed E-state index contributed by atoms with van der Waals surface area (Å²) < 4.78 is 2.85. The first-order chi connectivity index (χ1) is 8.19. The molecular formula is C13H15BrN2O. The number of aryl methyl sites for hydroxylation is 1. The maximum atomic E-state index is 10.1. The summed E-state index contributed by atoms with van der Waals surface area (Å²) in [7, 11) is 0. The Morgan fingerprint density at radius 1 is 1.47 bits per heavy atom. The summed E-state index contributed by atoms with van der Waals surface area (Å²) in [4.78, 5) is 0. The first-order valence-corrected chi connectivity index (χ1v) is 6.43. The van der Waals surface area contributed by atoms with Crippen molar-refractivity contribution in [1.29, 1.82) is 0 Å². The zero-order valence-corrected chi connectivity index (χ0v) is 11.3. The number of hydrogen-bond acceptors (Lipinski definition) is 2. The molecule has 1 atom stereocenters. The van der Waals surface area contributed by atoms with Gasteiger partial charge < -0.3 is 5.11 Å². The number of hydrogen-bond donors (Lipinski definition) is 1. The molecule has 0 amide bonds. The third kappa shape index (κ3) is 3.17. The Hall–Kier alpha value is -1.13. The highest BCUT2D eigenvalue weighted by molar-refractivity contribution is 9.10. The van der Waals surface area contributed by atoms with E-state index in [0.29, 0.717) is 6.42 Å². The van der Waals surface area contributed by atoms with Crippen LogP contribution < -0.4 is 0 Å². The lowest BCUT2D eigenvalue weighted by atomic mass is 10.0. The van der Waals surface area contributed by atoms with Gasteiger partial charge in [-0.3, -0.25) is 4.68 Å². The molecule has 0 saturated heterocycles. The molecule has 0 spiro atoms. The van der Waals surface area contributed by atoms with Gasteiger partial charge in [0.1, 0.15) is 0 Å². The SMILES string of the molecule is CCn1cc(CC(O)c2cccc(Br)c2)cn1. The van der Waals surface area contributed by atoms with Gasteiger partial charge in [0, 0.05) is 23.6 Å². The highest BCUT2D eigenvalue weighted by Crippen LogP contribution is 2.21. The van der Waals surface area contributed by atoms with Crippen LogP contribution in [0, 0.1) is 0 Å². The van der Waals surface area contributed by atoms with Crippen molar-refractivity contribution in [1.82, 2.24) is 9.78 Å². The van der Waals surface area contributed by atoms with Gasteiger partial charge in [-0.25, -0.2) is 0 Å². The number of benzene rings is 1. The fourth-order valence-electron chi connectivity index (χ4n) is 1.74. The molecule has 0 saturated carbocycles. The summed E-state index contributed by atoms with van der Waals surface area (Å²) in [5, 5.41) is 14.3. The van der Waals surface area contributed by atoms with Gasteiger partial charge in [-0.15, -0.1) is 0 Å². The van der Waals surface area contributed by atoms with Crippen molar-refractivity contribution >= 4 is 15.9 Å². The topological polar surface area (TPSA) is 38.0 Å². The molecule has 1 N–H and O–H groups in total. The van der Waals surface area contributed by atoms with Crippen molar-refractivity contribution in [3.63, 3.8) is 0 Å². The summed E-state index contributed by atoms with van der Waals surface area (Å²) in [5.41, 5.74) is 1.97. The van der Waals surface area contributed by atoms with Crippen LogP contribution in [0.15, 0.2) is 41.1 Å². The lowest BCUT2D eigenvalue weighted by molar-refractivity contribution is 0.178. The van der Waals surface area contributed by atoms with Crippen molar-refractivity contribution in [2.45, 2.75) is 26.0 Å². The largest absolute Gasteiger partial charge is 0.388 e. The van der Waals surface area contributed by atoms with Gasteiger partial charge in [-0.1, -0.05) is 28.1 Å². The molecule has 2 rings (SSSR count). The fourth-order valence-corrected chi connectivity index (χ4v) is 2.16. The zero-order chi connectivity index (χ0) is 12.3. The number of nitrogens with zero attached hydrogens (tertiary/aromatic N) is 2. The molecule has 0 aliphatic heterocycles. The second-order valence-corrected chi connectivity index (χ2v) is 4.89. The number of halogens is 1. The molecule has 3 nitrogen and oxygen atoms in total. The van der Waals surface area contributed by atoms with Crippen LogP contribution in [0.3, 0.4) is 0 Å². The van der Waals surface area contributed by atoms with Gasteiger partial charge in [-0.2, -0.15) is 5.10 Å². The molecule has 2 aromatic rings. The van der Waals surface area contributed by atoms with E-state index in [1.807, 2.05) is 48.3 Å². The average molecular weight is 295 g/mol. The molecule has 0 fully saturated rings. The van der Waals surface area contributed by atoms with Gasteiger partial charge >= 0.3 is 0 Å². The minimum Gasteiger partial charge on any atom is -0.388 e. The number of aromatic nitrogens is 2. The van der Waals surface area contributed by atoms with E-state index < -0.39 is 6.10 Å². The van der Waals surface area contributed by atoms with Gasteiger partial charge in [0.05, 0.1) is 12.3 Å². The molecule has 1 heterocycles. The summed E-state index contributed by atoms with van der Waals surface area (Å²) in [6.45, 7) is 2.90. The van der Waals surface area contributed by atoms with Crippen LogP contribution in [-0.4, -0.2) is 14.9 Å². The monoisotopic (exact) mass is 294 g/mol. The van der Waals surface area contributed by atoms with E-state index in [4.69, 9.17) is 0 Å². The first-order valence-electron chi connectivity index (χ1n) is 5.64. The Labute approximate surface area is 109 Å². The van der Waals surface area contributed by atoms with Gasteiger partial charge in [0.2, 0.25) is 0 Å². The van der Waals surface area contributed by atoms with Crippen molar-refractivity contribution < 1.29 is 5.11 Å². The molecule has 0 bridgehead atoms. The quantitative estimate of drug-likeness (QED) is 0.941. The molecule has 1 unspecified atom stereocenters. The number of aliphatic hydroxyl groups is 1. The van der Waals surface area contributed by atoms with Gasteiger partial charge in [0.15, 0.2) is 0 Å². The van der Waals surface area contributed by atoms with E-state index in [1.54, 1.807) is 0 Å². The van der Waals surface area contributed by atoms with Crippen LogP contribution in [0.2, 0.25) is 0 Å². The number of rotatable bonds is 4. The van der Waals surface area contributed by atoms with E-state index in [9.17, 15) is 5.11 Å². The Bertz CT molecular complexity index is 496. The summed E-state index contributed by atoms with van der Waals surface area (Å²) >= 11 is 3.40. The van der Waals surface area contributed by atoms with Crippen molar-refractivity contribution in [3.8, 4) is 0 Å². The van der Waals surface area contributed by atoms with Crippen molar-refractivity contribution in [2.24, 2.45) is 0 Å². The molecule has 0 aliphatic carbocycles. The lowest BCUT2D eigenvalue weighted by Gasteiger charge is -2.09. The maximum absolute atomic E-state index is 10.1. The molecule has 1 aromatic carbocycles. The van der Waals surface area contributed by atoms with E-state index in [2.05, 4.69) is 21.0 Å². The van der Waals surface area contributed by atoms with Crippen molar-refractivity contribution in [3.05, 3.63) is 52.3 Å². The molecule has 90 valence electrons. The van der Waals surface area contributed by atoms with Gasteiger partial charge in [0.25, 0.3) is 0 Å². The summed E-state index contributed by atoms with van der Waals surface area (Å²) in [5.74, 6) is 0. The average Bonchev–Trinajstić information content (AvgIpc) is 2.77.